The van der Waals surface area contributed by atoms with Crippen molar-refractivity contribution in [3.63, 3.8) is 0 Å². The lowest BCUT2D eigenvalue weighted by atomic mass is 9.73. The van der Waals surface area contributed by atoms with E-state index in [4.69, 9.17) is 4.74 Å². The average Bonchev–Trinajstić information content (AvgIpc) is 2.56. The van der Waals surface area contributed by atoms with Crippen LogP contribution in [-0.2, 0) is 9.53 Å². The Morgan fingerprint density at radius 3 is 2.58 bits per heavy atom. The minimum absolute atomic E-state index is 0.00302. The van der Waals surface area contributed by atoms with Gasteiger partial charge in [-0.25, -0.2) is 0 Å². The Morgan fingerprint density at radius 2 is 1.92 bits per heavy atom. The fourth-order valence-corrected chi connectivity index (χ4v) is 4.25. The van der Waals surface area contributed by atoms with Crippen LogP contribution in [0.3, 0.4) is 0 Å². The third-order valence-electron chi connectivity index (χ3n) is 5.40. The van der Waals surface area contributed by atoms with Gasteiger partial charge in [0.15, 0.2) is 0 Å². The van der Waals surface area contributed by atoms with Gasteiger partial charge >= 0.3 is 5.97 Å². The highest BCUT2D eigenvalue weighted by molar-refractivity contribution is 5.94. The average molecular weight is 331 g/mol. The van der Waals surface area contributed by atoms with Crippen LogP contribution in [0.25, 0.3) is 0 Å². The number of aliphatic hydroxyl groups excluding tert-OH is 1. The summed E-state index contributed by atoms with van der Waals surface area (Å²) in [5.41, 5.74) is 0.631. The first kappa shape index (κ1) is 17.0. The molecule has 0 spiro atoms. The van der Waals surface area contributed by atoms with Crippen LogP contribution in [0.4, 0.5) is 0 Å². The topological polar surface area (TPSA) is 66.8 Å². The van der Waals surface area contributed by atoms with Crippen LogP contribution in [-0.4, -0.2) is 46.2 Å². The number of aliphatic hydroxyl groups is 1. The van der Waals surface area contributed by atoms with Crippen LogP contribution in [0, 0.1) is 5.92 Å². The molecule has 1 aliphatic heterocycles. The van der Waals surface area contributed by atoms with E-state index in [0.717, 1.165) is 19.3 Å². The maximum Gasteiger partial charge on any atom is 0.302 e. The Hall–Kier alpha value is -1.88. The number of hydrogen-bond donors (Lipinski definition) is 1. The van der Waals surface area contributed by atoms with Crippen LogP contribution < -0.4 is 0 Å². The van der Waals surface area contributed by atoms with Crippen molar-refractivity contribution in [1.82, 2.24) is 4.90 Å². The number of ether oxygens (including phenoxy) is 1. The van der Waals surface area contributed by atoms with Gasteiger partial charge in [-0.05, 0) is 44.7 Å². The minimum atomic E-state index is -0.444. The summed E-state index contributed by atoms with van der Waals surface area (Å²) in [6.45, 7) is 3.32. The molecule has 1 unspecified atom stereocenters. The van der Waals surface area contributed by atoms with Crippen LogP contribution in [0.2, 0.25) is 0 Å². The van der Waals surface area contributed by atoms with Crippen molar-refractivity contribution in [3.05, 3.63) is 35.9 Å². The highest BCUT2D eigenvalue weighted by Gasteiger charge is 2.48. The van der Waals surface area contributed by atoms with E-state index >= 15 is 0 Å². The first-order valence-corrected chi connectivity index (χ1v) is 8.72. The maximum absolute atomic E-state index is 13.1. The summed E-state index contributed by atoms with van der Waals surface area (Å²) in [6, 6.07) is 8.98. The molecule has 2 aliphatic rings. The Balaban J connectivity index is 1.92. The fraction of sp³-hybridized carbons (Fsp3) is 0.579. The van der Waals surface area contributed by atoms with Crippen molar-refractivity contribution in [3.8, 4) is 0 Å². The number of carbonyl (C=O) groups is 2. The van der Waals surface area contributed by atoms with Crippen LogP contribution >= 0.6 is 0 Å². The second kappa shape index (κ2) is 6.93. The molecule has 0 bridgehead atoms. The molecule has 0 aromatic heterocycles. The zero-order valence-corrected chi connectivity index (χ0v) is 14.2. The lowest BCUT2D eigenvalue weighted by Gasteiger charge is -2.51. The van der Waals surface area contributed by atoms with Gasteiger partial charge in [-0.1, -0.05) is 18.2 Å². The summed E-state index contributed by atoms with van der Waals surface area (Å²) in [7, 11) is 0. The Labute approximate surface area is 142 Å². The van der Waals surface area contributed by atoms with Gasteiger partial charge in [0.25, 0.3) is 5.91 Å². The largest absolute Gasteiger partial charge is 0.460 e. The summed E-state index contributed by atoms with van der Waals surface area (Å²) in [6.07, 6.45) is 2.34. The molecule has 0 radical (unpaired) electrons. The van der Waals surface area contributed by atoms with Gasteiger partial charge in [0, 0.05) is 24.4 Å². The van der Waals surface area contributed by atoms with E-state index in [1.807, 2.05) is 30.0 Å². The lowest BCUT2D eigenvalue weighted by Crippen LogP contribution is -2.62. The number of nitrogens with zero attached hydrogens (tertiary/aromatic N) is 1. The molecule has 5 atom stereocenters. The molecule has 1 saturated heterocycles. The molecular formula is C19H25NO4. The Kier molecular flexibility index (Phi) is 4.90. The van der Waals surface area contributed by atoms with Crippen molar-refractivity contribution in [2.45, 2.75) is 63.8 Å². The molecule has 1 amide bonds. The molecule has 24 heavy (non-hydrogen) atoms. The van der Waals surface area contributed by atoms with Gasteiger partial charge in [0.1, 0.15) is 6.10 Å². The summed E-state index contributed by atoms with van der Waals surface area (Å²) in [5.74, 6) is -0.432. The van der Waals surface area contributed by atoms with Crippen LogP contribution in [0.15, 0.2) is 30.3 Å². The number of hydrogen-bond acceptors (Lipinski definition) is 4. The van der Waals surface area contributed by atoms with E-state index in [1.165, 1.54) is 6.92 Å². The number of likely N-dealkylation sites (tertiary alicyclic amines) is 1. The van der Waals surface area contributed by atoms with E-state index in [-0.39, 0.29) is 36.0 Å². The quantitative estimate of drug-likeness (QED) is 0.845. The van der Waals surface area contributed by atoms with E-state index < -0.39 is 6.10 Å². The highest BCUT2D eigenvalue weighted by atomic mass is 16.5. The zero-order valence-electron chi connectivity index (χ0n) is 14.2. The molecule has 1 heterocycles. The van der Waals surface area contributed by atoms with Gasteiger partial charge in [-0.3, -0.25) is 9.59 Å². The van der Waals surface area contributed by atoms with E-state index in [2.05, 4.69) is 0 Å². The van der Waals surface area contributed by atoms with Crippen LogP contribution in [0.5, 0.6) is 0 Å². The first-order valence-electron chi connectivity index (χ1n) is 8.72. The number of rotatable bonds is 2. The van der Waals surface area contributed by atoms with Crippen molar-refractivity contribution < 1.29 is 19.4 Å². The highest BCUT2D eigenvalue weighted by Crippen LogP contribution is 2.40. The summed E-state index contributed by atoms with van der Waals surface area (Å²) in [5, 5.41) is 10.4. The molecule has 1 aromatic carbocycles. The number of benzene rings is 1. The number of piperidine rings is 1. The number of fused-ring (bicyclic) bond motifs is 1. The first-order chi connectivity index (χ1) is 11.5. The summed E-state index contributed by atoms with van der Waals surface area (Å²) < 4.78 is 5.47. The second-order valence-corrected chi connectivity index (χ2v) is 6.93. The molecule has 1 saturated carbocycles. The molecular weight excluding hydrogens is 306 g/mol. The molecule has 3 rings (SSSR count). The van der Waals surface area contributed by atoms with Crippen molar-refractivity contribution in [1.29, 1.82) is 0 Å². The molecule has 2 fully saturated rings. The standard InChI is InChI=1S/C19H25NO4/c1-12-18(24-13(2)21)11-15-16(9-6-10-17(15)22)20(12)19(23)14-7-4-3-5-8-14/h3-5,7-8,12,15-18,22H,6,9-11H2,1-2H3/t12-,15+,16+,17?,18-/m1/s1. The molecule has 5 nitrogen and oxygen atoms in total. The predicted molar refractivity (Wildman–Crippen MR) is 89.4 cm³/mol. The van der Waals surface area contributed by atoms with Crippen LogP contribution in [0.1, 0.15) is 49.9 Å². The maximum atomic E-state index is 13.1. The third-order valence-corrected chi connectivity index (χ3v) is 5.40. The molecule has 1 N–H and O–H groups in total. The predicted octanol–water partition coefficient (Wildman–Crippen LogP) is 2.38. The summed E-state index contributed by atoms with van der Waals surface area (Å²) in [4.78, 5) is 26.4. The number of carbonyl (C=O) groups excluding carboxylic acids is 2. The van der Waals surface area contributed by atoms with E-state index in [9.17, 15) is 14.7 Å². The minimum Gasteiger partial charge on any atom is -0.460 e. The molecule has 5 heteroatoms. The second-order valence-electron chi connectivity index (χ2n) is 6.93. The van der Waals surface area contributed by atoms with Gasteiger partial charge in [-0.15, -0.1) is 0 Å². The van der Waals surface area contributed by atoms with E-state index in [1.54, 1.807) is 12.1 Å². The number of esters is 1. The SMILES string of the molecule is CC(=O)O[C@@H]1C[C@@H]2C(O)CCC[C@@H]2N(C(=O)c2ccccc2)[C@@H]1C. The van der Waals surface area contributed by atoms with Gasteiger partial charge in [-0.2, -0.15) is 0 Å². The van der Waals surface area contributed by atoms with Crippen molar-refractivity contribution in [2.24, 2.45) is 5.92 Å². The van der Waals surface area contributed by atoms with Crippen molar-refractivity contribution >= 4 is 11.9 Å². The van der Waals surface area contributed by atoms with Gasteiger partial charge in [0.2, 0.25) is 0 Å². The smallest absolute Gasteiger partial charge is 0.302 e. The van der Waals surface area contributed by atoms with E-state index in [0.29, 0.717) is 12.0 Å². The normalized spacial score (nSPS) is 32.8. The molecule has 1 aliphatic carbocycles. The lowest BCUT2D eigenvalue weighted by molar-refractivity contribution is -0.159. The zero-order chi connectivity index (χ0) is 17.3. The monoisotopic (exact) mass is 331 g/mol. The third kappa shape index (κ3) is 3.18. The number of amides is 1. The van der Waals surface area contributed by atoms with Gasteiger partial charge in [0.05, 0.1) is 12.1 Å². The van der Waals surface area contributed by atoms with Crippen molar-refractivity contribution in [2.75, 3.05) is 0 Å². The summed E-state index contributed by atoms with van der Waals surface area (Å²) >= 11 is 0. The Morgan fingerprint density at radius 1 is 1.21 bits per heavy atom. The molecule has 130 valence electrons. The Bertz CT molecular complexity index is 603. The molecule has 1 aromatic rings. The van der Waals surface area contributed by atoms with Gasteiger partial charge < -0.3 is 14.7 Å². The fourth-order valence-electron chi connectivity index (χ4n) is 4.25.